The van der Waals surface area contributed by atoms with Crippen LogP contribution in [0.1, 0.15) is 70.6 Å². The molecule has 6 fully saturated rings. The number of ketones is 2. The van der Waals surface area contributed by atoms with E-state index in [2.05, 4.69) is 10.2 Å². The molecule has 2 aliphatic heterocycles. The zero-order valence-electron chi connectivity index (χ0n) is 22.2. The summed E-state index contributed by atoms with van der Waals surface area (Å²) < 4.78 is 0. The van der Waals surface area contributed by atoms with Crippen molar-refractivity contribution in [2.45, 2.75) is 106 Å². The lowest BCUT2D eigenvalue weighted by Crippen LogP contribution is -2.69. The minimum Gasteiger partial charge on any atom is -0.481 e. The molecule has 0 spiro atoms. The Labute approximate surface area is 239 Å². The molecule has 0 aromatic rings. The van der Waals surface area contributed by atoms with Crippen molar-refractivity contribution < 1.29 is 29.4 Å². The fourth-order valence-corrected chi connectivity index (χ4v) is 10.1. The molecule has 0 bridgehead atoms. The number of likely N-dealkylation sites (tertiary alicyclic amines) is 1. The van der Waals surface area contributed by atoms with E-state index in [9.17, 15) is 29.4 Å². The molecule has 4 saturated carbocycles. The number of aliphatic carboxylic acids is 2. The number of carbonyl (C=O) groups is 4. The first-order valence-electron chi connectivity index (χ1n) is 14.9. The smallest absolute Gasteiger partial charge is 0.306 e. The summed E-state index contributed by atoms with van der Waals surface area (Å²) in [5.74, 6) is -3.30. The zero-order valence-corrected chi connectivity index (χ0v) is 23.7. The van der Waals surface area contributed by atoms with Gasteiger partial charge in [0.15, 0.2) is 0 Å². The first-order valence-corrected chi connectivity index (χ1v) is 15.8. The molecule has 216 valence electrons. The van der Waals surface area contributed by atoms with Gasteiger partial charge in [-0.05, 0) is 76.5 Å². The predicted octanol–water partition coefficient (Wildman–Crippen LogP) is 3.56. The van der Waals surface area contributed by atoms with Gasteiger partial charge in [0.2, 0.25) is 0 Å². The van der Waals surface area contributed by atoms with E-state index in [1.54, 1.807) is 0 Å². The van der Waals surface area contributed by atoms with Crippen LogP contribution in [-0.2, 0) is 19.2 Å². The molecule has 6 rings (SSSR count). The third-order valence-corrected chi connectivity index (χ3v) is 12.0. The summed E-state index contributed by atoms with van der Waals surface area (Å²) >= 11 is 13.0. The van der Waals surface area contributed by atoms with E-state index in [1.807, 2.05) is 0 Å². The highest BCUT2D eigenvalue weighted by atomic mass is 35.5. The Balaban J connectivity index is 1.28. The monoisotopic (exact) mass is 582 g/mol. The second-order valence-corrected chi connectivity index (χ2v) is 14.6. The van der Waals surface area contributed by atoms with Gasteiger partial charge in [-0.3, -0.25) is 24.1 Å². The molecule has 2 saturated heterocycles. The van der Waals surface area contributed by atoms with Gasteiger partial charge in [0.25, 0.3) is 0 Å². The number of nitrogens with one attached hydrogen (secondary N) is 1. The molecule has 12 atom stereocenters. The number of carbonyl (C=O) groups excluding carboxylic acids is 2. The summed E-state index contributed by atoms with van der Waals surface area (Å²) in [6.45, 7) is 0.574. The number of carboxylic acids is 2. The minimum absolute atomic E-state index is 0.00734. The van der Waals surface area contributed by atoms with Crippen molar-refractivity contribution in [1.29, 1.82) is 0 Å². The highest BCUT2D eigenvalue weighted by molar-refractivity contribution is 6.21. The number of halogens is 2. The summed E-state index contributed by atoms with van der Waals surface area (Å²) in [7, 11) is 0. The van der Waals surface area contributed by atoms with Gasteiger partial charge in [-0.1, -0.05) is 0 Å². The van der Waals surface area contributed by atoms with Crippen LogP contribution >= 0.6 is 23.2 Å². The number of hydrogen-bond donors (Lipinski definition) is 3. The van der Waals surface area contributed by atoms with Gasteiger partial charge >= 0.3 is 11.9 Å². The fourth-order valence-electron chi connectivity index (χ4n) is 9.42. The number of fused-ring (bicyclic) bond motifs is 4. The lowest BCUT2D eigenvalue weighted by atomic mass is 9.60. The van der Waals surface area contributed by atoms with E-state index in [0.29, 0.717) is 50.9 Å². The second-order valence-electron chi connectivity index (χ2n) is 13.4. The van der Waals surface area contributed by atoms with Gasteiger partial charge in [0.05, 0.1) is 11.8 Å². The molecule has 0 radical (unpaired) electrons. The average Bonchev–Trinajstić information content (AvgIpc) is 2.91. The summed E-state index contributed by atoms with van der Waals surface area (Å²) in [4.78, 5) is 54.0. The van der Waals surface area contributed by atoms with Crippen LogP contribution < -0.4 is 5.32 Å². The molecular weight excluding hydrogens is 543 g/mol. The number of carboxylic acid groups (broad SMARTS) is 2. The van der Waals surface area contributed by atoms with Crippen molar-refractivity contribution in [1.82, 2.24) is 10.2 Å². The zero-order chi connectivity index (χ0) is 27.6. The molecule has 6 aliphatic rings. The normalized spacial score (nSPS) is 48.3. The Morgan fingerprint density at radius 1 is 0.692 bits per heavy atom. The summed E-state index contributed by atoms with van der Waals surface area (Å²) in [5.41, 5.74) is 0. The predicted molar refractivity (Wildman–Crippen MR) is 145 cm³/mol. The number of rotatable bonds is 4. The molecule has 0 aromatic heterocycles. The molecule has 0 amide bonds. The van der Waals surface area contributed by atoms with Crippen molar-refractivity contribution in [2.75, 3.05) is 6.54 Å². The molecule has 12 unspecified atom stereocenters. The average molecular weight is 584 g/mol. The third kappa shape index (κ3) is 5.17. The number of nitrogens with zero attached hydrogens (tertiary/aromatic N) is 1. The Morgan fingerprint density at radius 2 is 1.26 bits per heavy atom. The van der Waals surface area contributed by atoms with E-state index in [4.69, 9.17) is 23.2 Å². The van der Waals surface area contributed by atoms with Crippen LogP contribution in [0.25, 0.3) is 0 Å². The highest BCUT2D eigenvalue weighted by Crippen LogP contribution is 2.49. The van der Waals surface area contributed by atoms with Crippen LogP contribution in [0.3, 0.4) is 0 Å². The van der Waals surface area contributed by atoms with E-state index in [0.717, 1.165) is 25.7 Å². The van der Waals surface area contributed by atoms with Crippen LogP contribution in [0.5, 0.6) is 0 Å². The maximum Gasteiger partial charge on any atom is 0.306 e. The van der Waals surface area contributed by atoms with Crippen LogP contribution in [0, 0.1) is 41.4 Å². The quantitative estimate of drug-likeness (QED) is 0.430. The van der Waals surface area contributed by atoms with Crippen molar-refractivity contribution in [3.8, 4) is 0 Å². The van der Waals surface area contributed by atoms with Gasteiger partial charge in [-0.25, -0.2) is 0 Å². The van der Waals surface area contributed by atoms with Crippen molar-refractivity contribution in [3.05, 3.63) is 0 Å². The molecule has 0 aromatic carbocycles. The van der Waals surface area contributed by atoms with Crippen LogP contribution in [0.2, 0.25) is 0 Å². The topological polar surface area (TPSA) is 124 Å². The van der Waals surface area contributed by atoms with Gasteiger partial charge in [0, 0.05) is 65.1 Å². The molecule has 3 N–H and O–H groups in total. The first kappa shape index (κ1) is 27.9. The fraction of sp³-hybridized carbons (Fsp3) is 0.862. The summed E-state index contributed by atoms with van der Waals surface area (Å²) in [5, 5.41) is 23.3. The highest BCUT2D eigenvalue weighted by Gasteiger charge is 2.57. The third-order valence-electron chi connectivity index (χ3n) is 11.2. The Kier molecular flexibility index (Phi) is 7.79. The van der Waals surface area contributed by atoms with Gasteiger partial charge in [-0.15, -0.1) is 23.2 Å². The van der Waals surface area contributed by atoms with E-state index in [1.165, 1.54) is 0 Å². The molecule has 10 heteroatoms. The number of alkyl halides is 2. The first-order chi connectivity index (χ1) is 18.6. The van der Waals surface area contributed by atoms with Gasteiger partial charge in [-0.2, -0.15) is 0 Å². The molecule has 39 heavy (non-hydrogen) atoms. The molecule has 4 aliphatic carbocycles. The van der Waals surface area contributed by atoms with E-state index < -0.39 is 23.8 Å². The van der Waals surface area contributed by atoms with Crippen molar-refractivity contribution >= 4 is 46.7 Å². The SMILES string of the molecule is O=C(O)C1CC(CN2C3CCC(Cl)CC3C(=O)C3CC4NC5CCC(Cl)CC5C(=O)C4CC32)CC(C(=O)O)C1. The molecule has 2 heterocycles. The van der Waals surface area contributed by atoms with Crippen molar-refractivity contribution in [3.63, 3.8) is 0 Å². The second kappa shape index (κ2) is 10.9. The van der Waals surface area contributed by atoms with Gasteiger partial charge in [0.1, 0.15) is 11.6 Å². The standard InChI is InChI=1S/C29H40Cl2N2O6/c30-16-1-3-22-18(8-16)26(34)19-11-25-21(10-23(19)32-22)27(35)20-9-17(31)2-4-24(20)33(25)12-13-5-14(28(36)37)7-15(6-13)29(38)39/h13-25,32H,1-12H2,(H,36,37)(H,38,39). The Morgan fingerprint density at radius 3 is 1.92 bits per heavy atom. The van der Waals surface area contributed by atoms with E-state index >= 15 is 0 Å². The van der Waals surface area contributed by atoms with Crippen LogP contribution in [-0.4, -0.2) is 80.1 Å². The van der Waals surface area contributed by atoms with Crippen LogP contribution in [0.15, 0.2) is 0 Å². The molecule has 8 nitrogen and oxygen atoms in total. The van der Waals surface area contributed by atoms with Crippen molar-refractivity contribution in [2.24, 2.45) is 41.4 Å². The summed E-state index contributed by atoms with van der Waals surface area (Å²) in [6, 6.07) is 0.0584. The Bertz CT molecular complexity index is 1000. The minimum atomic E-state index is -0.933. The number of piperidine rings is 2. The van der Waals surface area contributed by atoms with Gasteiger partial charge < -0.3 is 15.5 Å². The largest absolute Gasteiger partial charge is 0.481 e. The maximum absolute atomic E-state index is 14.0. The lowest BCUT2D eigenvalue weighted by Gasteiger charge is -2.58. The lowest BCUT2D eigenvalue weighted by molar-refractivity contribution is -0.155. The molecular formula is C29H40Cl2N2O6. The number of hydrogen-bond acceptors (Lipinski definition) is 6. The number of Topliss-reactive ketones (excluding diaryl/α,β-unsaturated/α-hetero) is 2. The van der Waals surface area contributed by atoms with Crippen LogP contribution in [0.4, 0.5) is 0 Å². The maximum atomic E-state index is 14.0. The van der Waals surface area contributed by atoms with E-state index in [-0.39, 0.29) is 76.7 Å². The summed E-state index contributed by atoms with van der Waals surface area (Å²) in [6.07, 6.45) is 7.07. The Hall–Kier alpha value is -1.22.